The molecule has 0 amide bonds. The van der Waals surface area contributed by atoms with E-state index in [1.54, 1.807) is 142 Å². The molecule has 6 aromatic rings. The van der Waals surface area contributed by atoms with Crippen molar-refractivity contribution in [1.29, 1.82) is 0 Å². The Kier molecular flexibility index (Phi) is 15.7. The van der Waals surface area contributed by atoms with Gasteiger partial charge in [0.1, 0.15) is 31.9 Å². The third kappa shape index (κ3) is 12.8. The average Bonchev–Trinajstić information content (AvgIpc) is 3.26. The molecule has 332 valence electrons. The first kappa shape index (κ1) is 48.0. The third-order valence-corrected chi connectivity index (χ3v) is 12.5. The van der Waals surface area contributed by atoms with Gasteiger partial charge in [0.2, 0.25) is 0 Å². The number of benzene rings is 6. The minimum Gasteiger partial charge on any atom is -0.454 e. The van der Waals surface area contributed by atoms with Crippen LogP contribution in [0.3, 0.4) is 0 Å². The van der Waals surface area contributed by atoms with E-state index in [0.29, 0.717) is 22.6 Å². The number of hydrogen-bond donors (Lipinski definition) is 0. The molecule has 6 aromatic carbocycles. The van der Waals surface area contributed by atoms with E-state index in [1.165, 1.54) is 36.4 Å². The first-order valence-electron chi connectivity index (χ1n) is 20.0. The molecule has 63 heavy (non-hydrogen) atoms. The molecule has 0 bridgehead atoms. The van der Waals surface area contributed by atoms with Gasteiger partial charge in [-0.3, -0.25) is 0 Å². The van der Waals surface area contributed by atoms with Gasteiger partial charge in [-0.25, -0.2) is 8.78 Å². The summed E-state index contributed by atoms with van der Waals surface area (Å²) in [6, 6.07) is 39.6. The average molecular weight is 1090 g/mol. The molecule has 0 heterocycles. The Morgan fingerprint density at radius 1 is 0.460 bits per heavy atom. The number of halogens is 8. The Bertz CT molecular complexity index is 2230. The zero-order valence-electron chi connectivity index (χ0n) is 34.9. The summed E-state index contributed by atoms with van der Waals surface area (Å²) in [5.74, 6) is -0.233. The van der Waals surface area contributed by atoms with Gasteiger partial charge in [0.25, 0.3) is 0 Å². The van der Waals surface area contributed by atoms with Crippen molar-refractivity contribution in [2.75, 3.05) is 8.86 Å². The topological polar surface area (TPSA) is 46.2 Å². The van der Waals surface area contributed by atoms with Gasteiger partial charge in [-0.15, -0.1) is 0 Å². The number of rotatable bonds is 20. The van der Waals surface area contributed by atoms with E-state index >= 15 is 8.78 Å². The SMILES string of the molecule is CC(C)(c1ccc(OC(F)(F)CI)cc1)C(Cc1ccc(F)c(Oc2ccccc2)c1)OC(Cc1ccc(F)c(Oc2ccccc2)c1)C(C)(C)c1ccc(OC(F)(F)CI)cc1. The molecule has 0 aliphatic rings. The van der Waals surface area contributed by atoms with Crippen LogP contribution in [0.1, 0.15) is 49.9 Å². The van der Waals surface area contributed by atoms with Gasteiger partial charge >= 0.3 is 12.2 Å². The first-order chi connectivity index (χ1) is 29.9. The highest BCUT2D eigenvalue weighted by Gasteiger charge is 2.41. The third-order valence-electron chi connectivity index (χ3n) is 10.8. The highest BCUT2D eigenvalue weighted by molar-refractivity contribution is 14.1. The van der Waals surface area contributed by atoms with Crippen LogP contribution in [0, 0.1) is 11.6 Å². The summed E-state index contributed by atoms with van der Waals surface area (Å²) in [6.45, 7) is 7.85. The summed E-state index contributed by atoms with van der Waals surface area (Å²) in [4.78, 5) is 0. The smallest absolute Gasteiger partial charge is 0.407 e. The molecule has 0 radical (unpaired) electrons. The predicted octanol–water partition coefficient (Wildman–Crippen LogP) is 14.9. The fourth-order valence-corrected chi connectivity index (χ4v) is 7.30. The molecular formula is C50H46F6I2O5. The van der Waals surface area contributed by atoms with E-state index in [4.69, 9.17) is 23.7 Å². The van der Waals surface area contributed by atoms with Crippen LogP contribution in [-0.2, 0) is 28.4 Å². The maximum Gasteiger partial charge on any atom is 0.407 e. The van der Waals surface area contributed by atoms with Crippen LogP contribution in [0.25, 0.3) is 0 Å². The first-order valence-corrected chi connectivity index (χ1v) is 23.1. The lowest BCUT2D eigenvalue weighted by atomic mass is 9.74. The minimum absolute atomic E-state index is 0.0116. The molecule has 0 aliphatic carbocycles. The Hall–Kier alpha value is -4.48. The van der Waals surface area contributed by atoms with Crippen LogP contribution in [0.2, 0.25) is 0 Å². The monoisotopic (exact) mass is 1090 g/mol. The normalized spacial score (nSPS) is 13.3. The van der Waals surface area contributed by atoms with Crippen LogP contribution in [0.15, 0.2) is 146 Å². The zero-order chi connectivity index (χ0) is 45.4. The standard InChI is InChI=1S/C50H46F6I2O5/c1-47(2,35-17-21-39(22-18-35)62-49(53,54)31-57)45(29-33-15-25-41(51)43(27-33)59-37-11-7-5-8-12-37)61-46(48(3,4)36-19-23-40(24-20-36)63-50(55,56)32-58)30-34-16-26-42(52)44(28-34)60-38-13-9-6-10-14-38/h5-28,45-46H,29-32H2,1-4H3. The van der Waals surface area contributed by atoms with Gasteiger partial charge in [-0.05, 0) is 108 Å². The fraction of sp³-hybridized carbons (Fsp3) is 0.280. The summed E-state index contributed by atoms with van der Waals surface area (Å²) in [5, 5.41) is 0. The van der Waals surface area contributed by atoms with E-state index < -0.39 is 55.7 Å². The molecule has 0 fully saturated rings. The van der Waals surface area contributed by atoms with Crippen molar-refractivity contribution in [2.24, 2.45) is 0 Å². The Morgan fingerprint density at radius 2 is 0.810 bits per heavy atom. The van der Waals surface area contributed by atoms with E-state index in [1.807, 2.05) is 39.8 Å². The molecular weight excluding hydrogens is 1050 g/mol. The predicted molar refractivity (Wildman–Crippen MR) is 250 cm³/mol. The number of alkyl halides is 6. The second-order valence-electron chi connectivity index (χ2n) is 16.1. The van der Waals surface area contributed by atoms with Crippen LogP contribution in [0.5, 0.6) is 34.5 Å². The quantitative estimate of drug-likeness (QED) is 0.0433. The molecule has 0 saturated heterocycles. The zero-order valence-corrected chi connectivity index (χ0v) is 39.2. The van der Waals surface area contributed by atoms with E-state index in [-0.39, 0.29) is 35.8 Å². The van der Waals surface area contributed by atoms with Crippen LogP contribution in [-0.4, -0.2) is 33.3 Å². The lowest BCUT2D eigenvalue weighted by Gasteiger charge is -2.43. The van der Waals surface area contributed by atoms with Gasteiger partial charge in [0.05, 0.1) is 12.2 Å². The van der Waals surface area contributed by atoms with Crippen molar-refractivity contribution in [3.8, 4) is 34.5 Å². The molecule has 0 aromatic heterocycles. The molecule has 2 unspecified atom stereocenters. The van der Waals surface area contributed by atoms with Crippen molar-refractivity contribution in [2.45, 2.75) is 75.8 Å². The molecule has 0 aliphatic heterocycles. The maximum absolute atomic E-state index is 15.3. The van der Waals surface area contributed by atoms with Crippen LogP contribution in [0.4, 0.5) is 26.3 Å². The highest BCUT2D eigenvalue weighted by atomic mass is 127. The molecule has 0 N–H and O–H groups in total. The second kappa shape index (κ2) is 20.6. The molecule has 0 spiro atoms. The largest absolute Gasteiger partial charge is 0.454 e. The Balaban J connectivity index is 1.42. The van der Waals surface area contributed by atoms with Gasteiger partial charge in [0, 0.05) is 10.8 Å². The van der Waals surface area contributed by atoms with E-state index in [2.05, 4.69) is 0 Å². The number of para-hydroxylation sites is 2. The van der Waals surface area contributed by atoms with Gasteiger partial charge < -0.3 is 23.7 Å². The van der Waals surface area contributed by atoms with Crippen molar-refractivity contribution in [3.63, 3.8) is 0 Å². The minimum atomic E-state index is -3.36. The lowest BCUT2D eigenvalue weighted by molar-refractivity contribution is -0.152. The van der Waals surface area contributed by atoms with E-state index in [0.717, 1.165) is 11.1 Å². The van der Waals surface area contributed by atoms with E-state index in [9.17, 15) is 17.6 Å². The fourth-order valence-electron chi connectivity index (χ4n) is 6.99. The van der Waals surface area contributed by atoms with Crippen LogP contribution < -0.4 is 18.9 Å². The summed E-state index contributed by atoms with van der Waals surface area (Å²) in [7, 11) is 0. The molecule has 6 rings (SSSR count). The number of hydrogen-bond acceptors (Lipinski definition) is 5. The van der Waals surface area contributed by atoms with Crippen LogP contribution >= 0.6 is 45.2 Å². The second-order valence-corrected chi connectivity index (χ2v) is 17.6. The summed E-state index contributed by atoms with van der Waals surface area (Å²) in [5.41, 5.74) is 1.10. The van der Waals surface area contributed by atoms with Crippen molar-refractivity contribution >= 4 is 45.2 Å². The number of ether oxygens (including phenoxy) is 5. The maximum atomic E-state index is 15.3. The van der Waals surface area contributed by atoms with Gasteiger partial charge in [-0.1, -0.05) is 146 Å². The molecule has 2 atom stereocenters. The summed E-state index contributed by atoms with van der Waals surface area (Å²) >= 11 is 3.13. The van der Waals surface area contributed by atoms with Crippen molar-refractivity contribution in [3.05, 3.63) is 179 Å². The Labute approximate surface area is 391 Å². The lowest BCUT2D eigenvalue weighted by Crippen LogP contribution is -2.46. The Morgan fingerprint density at radius 3 is 1.14 bits per heavy atom. The summed E-state index contributed by atoms with van der Waals surface area (Å²) in [6.07, 6.45) is -7.69. The van der Waals surface area contributed by atoms with Gasteiger partial charge in [0.15, 0.2) is 23.1 Å². The molecule has 0 saturated carbocycles. The van der Waals surface area contributed by atoms with Gasteiger partial charge in [-0.2, -0.15) is 17.6 Å². The molecule has 5 nitrogen and oxygen atoms in total. The highest BCUT2D eigenvalue weighted by Crippen LogP contribution is 2.41. The molecule has 13 heteroatoms. The van der Waals surface area contributed by atoms with Crippen molar-refractivity contribution < 1.29 is 50.0 Å². The van der Waals surface area contributed by atoms with Crippen molar-refractivity contribution in [1.82, 2.24) is 0 Å². The summed E-state index contributed by atoms with van der Waals surface area (Å²) < 4.78 is 116.